The summed E-state index contributed by atoms with van der Waals surface area (Å²) in [6, 6.07) is 121. The molecule has 0 aliphatic carbocycles. The van der Waals surface area contributed by atoms with Gasteiger partial charge in [-0.1, -0.05) is 255 Å². The van der Waals surface area contributed by atoms with E-state index in [2.05, 4.69) is 358 Å². The van der Waals surface area contributed by atoms with E-state index in [4.69, 9.17) is 29.9 Å². The second kappa shape index (κ2) is 23.0. The average Bonchev–Trinajstić information content (AvgIpc) is 1.58. The molecule has 0 fully saturated rings. The molecule has 6 aromatic heterocycles. The van der Waals surface area contributed by atoms with E-state index in [0.29, 0.717) is 35.4 Å². The maximum atomic E-state index is 5.42. The molecule has 0 saturated heterocycles. The minimum absolute atomic E-state index is 0.530. The van der Waals surface area contributed by atoms with Gasteiger partial charge in [-0.2, -0.15) is 29.9 Å². The third-order valence-electron chi connectivity index (χ3n) is 19.7. The van der Waals surface area contributed by atoms with Gasteiger partial charge in [0.05, 0.1) is 44.1 Å². The lowest BCUT2D eigenvalue weighted by Crippen LogP contribution is -2.10. The summed E-state index contributed by atoms with van der Waals surface area (Å²) in [5, 5.41) is 9.01. The van der Waals surface area contributed by atoms with Crippen LogP contribution in [-0.2, 0) is 0 Å². The summed E-state index contributed by atoms with van der Waals surface area (Å²) in [5.74, 6) is 3.23. The molecule has 20 rings (SSSR count). The summed E-state index contributed by atoms with van der Waals surface area (Å²) >= 11 is 0. The Labute approximate surface area is 574 Å². The second-order valence-corrected chi connectivity index (χ2v) is 25.5. The molecule has 0 spiro atoms. The van der Waals surface area contributed by atoms with Gasteiger partial charge in [-0.25, -0.2) is 0 Å². The minimum Gasteiger partial charge on any atom is -0.278 e. The Balaban J connectivity index is 0.753. The first-order chi connectivity index (χ1) is 49.6. The Kier molecular flexibility index (Phi) is 13.0. The van der Waals surface area contributed by atoms with Gasteiger partial charge in [-0.15, -0.1) is 0 Å². The topological polar surface area (TPSA) is 97.1 Å². The van der Waals surface area contributed by atoms with Crippen LogP contribution in [0.4, 0.5) is 0 Å². The molecule has 0 unspecified atom stereocenters. The Morgan fingerprint density at radius 1 is 0.140 bits per heavy atom. The average molecular weight is 1280 g/mol. The highest BCUT2D eigenvalue weighted by Gasteiger charge is 2.24. The number of benzene rings is 14. The highest BCUT2D eigenvalue weighted by molar-refractivity contribution is 6.12. The zero-order valence-corrected chi connectivity index (χ0v) is 53.8. The van der Waals surface area contributed by atoms with Crippen molar-refractivity contribution >= 4 is 87.2 Å². The Morgan fingerprint density at radius 3 is 0.530 bits per heavy atom. The lowest BCUT2D eigenvalue weighted by Gasteiger charge is -2.15. The van der Waals surface area contributed by atoms with Crippen LogP contribution in [-0.4, -0.2) is 48.2 Å². The Hall–Kier alpha value is -13.7. The molecular formula is C90H56N10. The Bertz CT molecular complexity index is 5770. The Morgan fingerprint density at radius 2 is 0.310 bits per heavy atom. The van der Waals surface area contributed by atoms with Gasteiger partial charge in [0.15, 0.2) is 11.6 Å². The molecule has 0 aliphatic rings. The maximum absolute atomic E-state index is 5.42. The molecule has 0 atom stereocenters. The molecule has 14 aromatic carbocycles. The highest BCUT2D eigenvalue weighted by Crippen LogP contribution is 2.41. The number of fused-ring (bicyclic) bond motifs is 12. The first-order valence-corrected chi connectivity index (χ1v) is 33.7. The van der Waals surface area contributed by atoms with Crippen molar-refractivity contribution in [3.05, 3.63) is 340 Å². The molecule has 10 heteroatoms. The van der Waals surface area contributed by atoms with E-state index < -0.39 is 0 Å². The lowest BCUT2D eigenvalue weighted by atomic mass is 9.89. The fourth-order valence-corrected chi connectivity index (χ4v) is 15.1. The maximum Gasteiger partial charge on any atom is 0.240 e. The summed E-state index contributed by atoms with van der Waals surface area (Å²) < 4.78 is 8.71. The van der Waals surface area contributed by atoms with E-state index in [-0.39, 0.29) is 0 Å². The van der Waals surface area contributed by atoms with E-state index in [0.717, 1.165) is 154 Å². The van der Waals surface area contributed by atoms with Crippen molar-refractivity contribution in [1.82, 2.24) is 48.2 Å². The third kappa shape index (κ3) is 9.34. The largest absolute Gasteiger partial charge is 0.278 e. The third-order valence-corrected chi connectivity index (χ3v) is 19.7. The molecular weight excluding hydrogens is 1220 g/mol. The predicted molar refractivity (Wildman–Crippen MR) is 409 cm³/mol. The summed E-state index contributed by atoms with van der Waals surface area (Å²) in [6.07, 6.45) is 0. The predicted octanol–water partition coefficient (Wildman–Crippen LogP) is 22.1. The van der Waals surface area contributed by atoms with Crippen LogP contribution in [0, 0.1) is 0 Å². The van der Waals surface area contributed by atoms with E-state index >= 15 is 0 Å². The van der Waals surface area contributed by atoms with Crippen LogP contribution in [0.15, 0.2) is 340 Å². The van der Waals surface area contributed by atoms with Gasteiger partial charge in [0.2, 0.25) is 23.8 Å². The second-order valence-electron chi connectivity index (χ2n) is 25.5. The van der Waals surface area contributed by atoms with Gasteiger partial charge in [-0.05, 0) is 141 Å². The van der Waals surface area contributed by atoms with Gasteiger partial charge < -0.3 is 0 Å². The number of aromatic nitrogens is 10. The molecule has 6 heterocycles. The van der Waals surface area contributed by atoms with Crippen molar-refractivity contribution in [3.63, 3.8) is 0 Å². The molecule has 10 nitrogen and oxygen atoms in total. The van der Waals surface area contributed by atoms with Crippen LogP contribution >= 0.6 is 0 Å². The number of hydrogen-bond donors (Lipinski definition) is 0. The molecule has 0 amide bonds. The molecule has 0 aliphatic heterocycles. The monoisotopic (exact) mass is 1280 g/mol. The van der Waals surface area contributed by atoms with Gasteiger partial charge in [-0.3, -0.25) is 18.3 Å². The van der Waals surface area contributed by atoms with Gasteiger partial charge in [0, 0.05) is 54.2 Å². The molecule has 100 heavy (non-hydrogen) atoms. The standard InChI is InChI=1S/C90H56N10/c1-3-23-57(24-4-1)63-51-64(58-25-5-2-6-26-58)54-67(53-63)68-55-65(59-43-47-61(48-44-59)85-91-87(97-77-35-15-7-27-69(77)70-28-8-16-36-78(70)97)95-88(92-85)98-79-37-17-9-29-71(79)72-30-10-18-38-80(72)98)52-66(56-68)60-45-49-62(50-46-60)86-93-89(99-81-39-19-11-31-73(81)74-32-12-20-40-82(74)99)96-90(94-86)100-83-41-21-13-33-75(83)76-34-14-22-42-84(76)100/h1-56H. The quantitative estimate of drug-likeness (QED) is 0.128. The lowest BCUT2D eigenvalue weighted by molar-refractivity contribution is 0.892. The van der Waals surface area contributed by atoms with Crippen molar-refractivity contribution in [2.24, 2.45) is 0 Å². The van der Waals surface area contributed by atoms with Crippen molar-refractivity contribution in [2.75, 3.05) is 0 Å². The summed E-state index contributed by atoms with van der Waals surface area (Å²) in [7, 11) is 0. The molecule has 0 radical (unpaired) electrons. The van der Waals surface area contributed by atoms with Crippen LogP contribution in [0.3, 0.4) is 0 Å². The fraction of sp³-hybridized carbons (Fsp3) is 0. The SMILES string of the molecule is c1ccc(-c2cc(-c3ccccc3)cc(-c3cc(-c4ccc(-c5nc(-n6c7ccccc7c7ccccc76)nc(-n6c7ccccc7c7ccccc76)n5)cc4)cc(-c4ccc(-c5nc(-n6c7ccccc7c7ccccc76)nc(-n6c7ccccc7c7ccccc76)n5)cc4)c3)c2)cc1. The van der Waals surface area contributed by atoms with Crippen LogP contribution < -0.4 is 0 Å². The molecule has 0 bridgehead atoms. The number of nitrogens with zero attached hydrogens (tertiary/aromatic N) is 10. The van der Waals surface area contributed by atoms with Crippen molar-refractivity contribution in [2.45, 2.75) is 0 Å². The number of hydrogen-bond acceptors (Lipinski definition) is 6. The van der Waals surface area contributed by atoms with E-state index in [9.17, 15) is 0 Å². The van der Waals surface area contributed by atoms with Crippen molar-refractivity contribution in [1.29, 1.82) is 0 Å². The summed E-state index contributed by atoms with van der Waals surface area (Å²) in [6.45, 7) is 0. The number of rotatable bonds is 11. The van der Waals surface area contributed by atoms with Crippen molar-refractivity contribution < 1.29 is 0 Å². The summed E-state index contributed by atoms with van der Waals surface area (Å²) in [5.41, 5.74) is 20.7. The van der Waals surface area contributed by atoms with E-state index in [1.54, 1.807) is 0 Å². The summed E-state index contributed by atoms with van der Waals surface area (Å²) in [4.78, 5) is 32.5. The van der Waals surface area contributed by atoms with Crippen LogP contribution in [0.2, 0.25) is 0 Å². The zero-order valence-electron chi connectivity index (χ0n) is 53.8. The van der Waals surface area contributed by atoms with E-state index in [1.807, 2.05) is 0 Å². The normalized spacial score (nSPS) is 11.8. The number of para-hydroxylation sites is 8. The van der Waals surface area contributed by atoms with Crippen LogP contribution in [0.5, 0.6) is 0 Å². The molecule has 0 N–H and O–H groups in total. The molecule has 20 aromatic rings. The zero-order chi connectivity index (χ0) is 65.8. The first-order valence-electron chi connectivity index (χ1n) is 33.7. The van der Waals surface area contributed by atoms with Crippen molar-refractivity contribution in [3.8, 4) is 102 Å². The van der Waals surface area contributed by atoms with Crippen LogP contribution in [0.25, 0.3) is 189 Å². The van der Waals surface area contributed by atoms with Crippen LogP contribution in [0.1, 0.15) is 0 Å². The van der Waals surface area contributed by atoms with Gasteiger partial charge in [0.25, 0.3) is 0 Å². The first kappa shape index (κ1) is 56.6. The molecule has 466 valence electrons. The highest BCUT2D eigenvalue weighted by atomic mass is 15.3. The fourth-order valence-electron chi connectivity index (χ4n) is 15.1. The smallest absolute Gasteiger partial charge is 0.240 e. The van der Waals surface area contributed by atoms with Gasteiger partial charge in [0.1, 0.15) is 0 Å². The minimum atomic E-state index is 0.530. The molecule has 0 saturated carbocycles. The van der Waals surface area contributed by atoms with E-state index in [1.165, 1.54) is 0 Å². The van der Waals surface area contributed by atoms with Gasteiger partial charge >= 0.3 is 0 Å².